The summed E-state index contributed by atoms with van der Waals surface area (Å²) >= 11 is 0. The Labute approximate surface area is 230 Å². The number of carbonyl (C=O) groups excluding carboxylic acids is 3. The van der Waals surface area contributed by atoms with E-state index >= 15 is 0 Å². The molecule has 2 aliphatic rings. The number of carbonyl (C=O) groups is 3. The molecule has 0 aromatic heterocycles. The predicted octanol–water partition coefficient (Wildman–Crippen LogP) is 3.55. The smallest absolute Gasteiger partial charge is 0.366 e. The molecule has 208 valence electrons. The molecule has 2 fully saturated rings. The van der Waals surface area contributed by atoms with Crippen molar-refractivity contribution in [1.29, 1.82) is 0 Å². The maximum absolute atomic E-state index is 13.3. The molecular formula is C30H28O10. The number of benzene rings is 3. The Bertz CT molecular complexity index is 1320. The van der Waals surface area contributed by atoms with Crippen molar-refractivity contribution < 1.29 is 47.5 Å². The van der Waals surface area contributed by atoms with Gasteiger partial charge in [0.25, 0.3) is 5.79 Å². The first-order chi connectivity index (χ1) is 19.4. The molecule has 3 aromatic carbocycles. The SMILES string of the molecule is COC(=O)C1(C)OC[C@H]2O[C@@H](Oc3ccccc3)[C@H](OC(=O)c3ccccc3)[C@@H](OC(=O)c3ccccc3)[C@H]2O1. The van der Waals surface area contributed by atoms with Gasteiger partial charge in [0.1, 0.15) is 18.0 Å². The predicted molar refractivity (Wildman–Crippen MR) is 138 cm³/mol. The molecule has 3 aromatic rings. The van der Waals surface area contributed by atoms with E-state index in [0.29, 0.717) is 5.75 Å². The molecule has 0 spiro atoms. The average Bonchev–Trinajstić information content (AvgIpc) is 3.00. The van der Waals surface area contributed by atoms with Crippen molar-refractivity contribution >= 4 is 17.9 Å². The van der Waals surface area contributed by atoms with Crippen LogP contribution in [0.15, 0.2) is 91.0 Å². The number of hydrogen-bond donors (Lipinski definition) is 0. The molecule has 2 aliphatic heterocycles. The lowest BCUT2D eigenvalue weighted by atomic mass is 9.96. The first kappa shape index (κ1) is 27.3. The summed E-state index contributed by atoms with van der Waals surface area (Å²) in [6.45, 7) is 1.27. The second-order valence-corrected chi connectivity index (χ2v) is 9.28. The summed E-state index contributed by atoms with van der Waals surface area (Å²) < 4.78 is 40.7. The van der Waals surface area contributed by atoms with Gasteiger partial charge in [-0.2, -0.15) is 0 Å². The number of hydrogen-bond acceptors (Lipinski definition) is 10. The van der Waals surface area contributed by atoms with Crippen molar-refractivity contribution in [2.45, 2.75) is 43.4 Å². The van der Waals surface area contributed by atoms with Crippen LogP contribution in [0.4, 0.5) is 0 Å². The second kappa shape index (κ2) is 11.9. The van der Waals surface area contributed by atoms with Gasteiger partial charge in [-0.05, 0) is 36.4 Å². The monoisotopic (exact) mass is 548 g/mol. The van der Waals surface area contributed by atoms with Gasteiger partial charge in [-0.25, -0.2) is 14.4 Å². The van der Waals surface area contributed by atoms with E-state index in [-0.39, 0.29) is 17.7 Å². The quantitative estimate of drug-likeness (QED) is 0.321. The molecule has 0 N–H and O–H groups in total. The number of methoxy groups -OCH3 is 1. The molecule has 10 heteroatoms. The lowest BCUT2D eigenvalue weighted by Gasteiger charge is -2.49. The van der Waals surface area contributed by atoms with Crippen LogP contribution in [0, 0.1) is 0 Å². The molecule has 0 radical (unpaired) electrons. The zero-order chi connectivity index (χ0) is 28.1. The molecule has 1 unspecified atom stereocenters. The molecule has 2 saturated heterocycles. The highest BCUT2D eigenvalue weighted by atomic mass is 16.8. The maximum Gasteiger partial charge on any atom is 0.366 e. The lowest BCUT2D eigenvalue weighted by molar-refractivity contribution is -0.369. The van der Waals surface area contributed by atoms with Crippen LogP contribution in [-0.4, -0.2) is 68.1 Å². The van der Waals surface area contributed by atoms with Crippen LogP contribution < -0.4 is 4.74 Å². The molecule has 2 heterocycles. The molecule has 6 atom stereocenters. The first-order valence-electron chi connectivity index (χ1n) is 12.7. The number of fused-ring (bicyclic) bond motifs is 1. The fraction of sp³-hybridized carbons (Fsp3) is 0.300. The number of esters is 3. The lowest BCUT2D eigenvalue weighted by Crippen LogP contribution is -2.68. The zero-order valence-electron chi connectivity index (χ0n) is 21.8. The van der Waals surface area contributed by atoms with Crippen LogP contribution in [-0.2, 0) is 33.2 Å². The standard InChI is InChI=1S/C30H28O10/c1-30(29(33)34-2)35-18-22-23(40-30)24(38-26(31)19-12-6-3-7-13-19)25(39-27(32)20-14-8-4-9-15-20)28(37-22)36-21-16-10-5-11-17-21/h3-17,22-25,28H,18H2,1-2H3/t22-,23+,24+,25-,28-,30?/m1/s1. The third-order valence-corrected chi connectivity index (χ3v) is 6.53. The Morgan fingerprint density at radius 2 is 1.30 bits per heavy atom. The summed E-state index contributed by atoms with van der Waals surface area (Å²) in [5, 5.41) is 0. The van der Waals surface area contributed by atoms with Crippen molar-refractivity contribution in [3.63, 3.8) is 0 Å². The first-order valence-corrected chi connectivity index (χ1v) is 12.7. The van der Waals surface area contributed by atoms with E-state index in [4.69, 9.17) is 33.2 Å². The summed E-state index contributed by atoms with van der Waals surface area (Å²) in [7, 11) is 1.20. The largest absolute Gasteiger partial charge is 0.465 e. The van der Waals surface area contributed by atoms with Crippen LogP contribution >= 0.6 is 0 Å². The van der Waals surface area contributed by atoms with Gasteiger partial charge in [0, 0.05) is 6.92 Å². The van der Waals surface area contributed by atoms with Gasteiger partial charge < -0.3 is 33.2 Å². The molecule has 0 bridgehead atoms. The van der Waals surface area contributed by atoms with Crippen LogP contribution in [0.25, 0.3) is 0 Å². The van der Waals surface area contributed by atoms with E-state index in [0.717, 1.165) is 0 Å². The number of ether oxygens (including phenoxy) is 7. The van der Waals surface area contributed by atoms with Gasteiger partial charge in [-0.1, -0.05) is 54.6 Å². The highest BCUT2D eigenvalue weighted by Gasteiger charge is 2.58. The second-order valence-electron chi connectivity index (χ2n) is 9.28. The van der Waals surface area contributed by atoms with Gasteiger partial charge in [0.05, 0.1) is 24.8 Å². The van der Waals surface area contributed by atoms with Gasteiger partial charge in [-0.15, -0.1) is 0 Å². The fourth-order valence-electron chi connectivity index (χ4n) is 4.50. The minimum absolute atomic E-state index is 0.121. The Morgan fingerprint density at radius 3 is 1.85 bits per heavy atom. The van der Waals surface area contributed by atoms with Crippen molar-refractivity contribution in [3.05, 3.63) is 102 Å². The fourth-order valence-corrected chi connectivity index (χ4v) is 4.50. The highest BCUT2D eigenvalue weighted by molar-refractivity contribution is 5.90. The van der Waals surface area contributed by atoms with Crippen molar-refractivity contribution in [1.82, 2.24) is 0 Å². The zero-order valence-corrected chi connectivity index (χ0v) is 21.8. The molecule has 0 amide bonds. The number of rotatable bonds is 7. The topological polar surface area (TPSA) is 116 Å². The normalized spacial score (nSPS) is 27.5. The van der Waals surface area contributed by atoms with E-state index in [1.54, 1.807) is 84.9 Å². The molecule has 0 saturated carbocycles. The van der Waals surface area contributed by atoms with Gasteiger partial charge in [0.2, 0.25) is 12.4 Å². The van der Waals surface area contributed by atoms with E-state index in [1.165, 1.54) is 14.0 Å². The summed E-state index contributed by atoms with van der Waals surface area (Å²) in [6.07, 6.45) is -5.73. The van der Waals surface area contributed by atoms with Crippen LogP contribution in [0.1, 0.15) is 27.6 Å². The summed E-state index contributed by atoms with van der Waals surface area (Å²) in [4.78, 5) is 39.1. The van der Waals surface area contributed by atoms with E-state index in [1.807, 2.05) is 6.07 Å². The molecule has 0 aliphatic carbocycles. The molecule has 40 heavy (non-hydrogen) atoms. The third-order valence-electron chi connectivity index (χ3n) is 6.53. The Morgan fingerprint density at radius 1 is 0.775 bits per heavy atom. The molecule has 5 rings (SSSR count). The minimum Gasteiger partial charge on any atom is -0.465 e. The van der Waals surface area contributed by atoms with Gasteiger partial charge >= 0.3 is 17.9 Å². The Kier molecular flexibility index (Phi) is 8.11. The molecular weight excluding hydrogens is 520 g/mol. The summed E-state index contributed by atoms with van der Waals surface area (Å²) in [6, 6.07) is 25.4. The molecule has 10 nitrogen and oxygen atoms in total. The average molecular weight is 549 g/mol. The van der Waals surface area contributed by atoms with E-state index in [9.17, 15) is 14.4 Å². The van der Waals surface area contributed by atoms with Gasteiger partial charge in [-0.3, -0.25) is 0 Å². The van der Waals surface area contributed by atoms with Crippen LogP contribution in [0.3, 0.4) is 0 Å². The van der Waals surface area contributed by atoms with Crippen LogP contribution in [0.2, 0.25) is 0 Å². The van der Waals surface area contributed by atoms with E-state index in [2.05, 4.69) is 0 Å². The summed E-state index contributed by atoms with van der Waals surface area (Å²) in [5.74, 6) is -3.58. The highest BCUT2D eigenvalue weighted by Crippen LogP contribution is 2.37. The van der Waals surface area contributed by atoms with Crippen molar-refractivity contribution in [2.75, 3.05) is 13.7 Å². The van der Waals surface area contributed by atoms with E-state index < -0.39 is 54.4 Å². The minimum atomic E-state index is -1.82. The van der Waals surface area contributed by atoms with Crippen LogP contribution in [0.5, 0.6) is 5.75 Å². The maximum atomic E-state index is 13.3. The number of para-hydroxylation sites is 1. The van der Waals surface area contributed by atoms with Crippen molar-refractivity contribution in [2.24, 2.45) is 0 Å². The Balaban J connectivity index is 1.53. The Hall–Kier alpha value is -4.25. The van der Waals surface area contributed by atoms with Gasteiger partial charge in [0.15, 0.2) is 6.10 Å². The third kappa shape index (κ3) is 5.84. The van der Waals surface area contributed by atoms with Crippen molar-refractivity contribution in [3.8, 4) is 5.75 Å². The summed E-state index contributed by atoms with van der Waals surface area (Å²) in [5.41, 5.74) is 0.533.